The van der Waals surface area contributed by atoms with Crippen LogP contribution < -0.4 is 4.72 Å². The molecule has 1 aromatic carbocycles. The molecule has 1 heterocycles. The van der Waals surface area contributed by atoms with Crippen LogP contribution in [0.2, 0.25) is 0 Å². The summed E-state index contributed by atoms with van der Waals surface area (Å²) >= 11 is 0. The van der Waals surface area contributed by atoms with E-state index < -0.39 is 16.0 Å². The van der Waals surface area contributed by atoms with Gasteiger partial charge in [0.2, 0.25) is 0 Å². The molecule has 0 radical (unpaired) electrons. The summed E-state index contributed by atoms with van der Waals surface area (Å²) in [6.07, 6.45) is 3.06. The predicted octanol–water partition coefficient (Wildman–Crippen LogP) is 2.14. The van der Waals surface area contributed by atoms with Gasteiger partial charge in [0.05, 0.1) is 11.3 Å². The fourth-order valence-electron chi connectivity index (χ4n) is 2.10. The van der Waals surface area contributed by atoms with Crippen LogP contribution in [0.1, 0.15) is 21.5 Å². The fraction of sp³-hybridized carbons (Fsp3) is 0.214. The molecule has 7 heteroatoms. The molecule has 0 aliphatic carbocycles. The summed E-state index contributed by atoms with van der Waals surface area (Å²) in [5.74, 6) is -1.17. The lowest BCUT2D eigenvalue weighted by Gasteiger charge is -2.13. The Labute approximate surface area is 123 Å². The second-order valence-corrected chi connectivity index (χ2v) is 6.61. The molecule has 0 saturated carbocycles. The molecule has 0 bridgehead atoms. The molecule has 0 aliphatic heterocycles. The van der Waals surface area contributed by atoms with E-state index >= 15 is 0 Å². The molecular formula is C14H16N2O4S. The van der Waals surface area contributed by atoms with E-state index in [0.29, 0.717) is 5.56 Å². The van der Waals surface area contributed by atoms with Gasteiger partial charge in [0.25, 0.3) is 10.0 Å². The zero-order chi connectivity index (χ0) is 15.8. The third-order valence-electron chi connectivity index (χ3n) is 3.06. The minimum Gasteiger partial charge on any atom is -0.478 e. The first-order valence-electron chi connectivity index (χ1n) is 6.20. The van der Waals surface area contributed by atoms with Gasteiger partial charge in [-0.2, -0.15) is 0 Å². The van der Waals surface area contributed by atoms with Crippen molar-refractivity contribution in [1.82, 2.24) is 4.57 Å². The number of hydrogen-bond acceptors (Lipinski definition) is 3. The van der Waals surface area contributed by atoms with Crippen LogP contribution in [0.5, 0.6) is 0 Å². The van der Waals surface area contributed by atoms with Crippen molar-refractivity contribution in [3.63, 3.8) is 0 Å². The molecule has 6 nitrogen and oxygen atoms in total. The monoisotopic (exact) mass is 308 g/mol. The number of carboxylic acid groups (broad SMARTS) is 1. The Morgan fingerprint density at radius 3 is 2.48 bits per heavy atom. The Bertz CT molecular complexity index is 806. The van der Waals surface area contributed by atoms with Crippen LogP contribution in [0.4, 0.5) is 5.69 Å². The zero-order valence-corrected chi connectivity index (χ0v) is 12.7. The number of carbonyl (C=O) groups is 1. The number of benzene rings is 1. The second kappa shape index (κ2) is 5.25. The van der Waals surface area contributed by atoms with Crippen molar-refractivity contribution < 1.29 is 18.3 Å². The zero-order valence-electron chi connectivity index (χ0n) is 11.9. The molecule has 0 saturated heterocycles. The lowest BCUT2D eigenvalue weighted by molar-refractivity contribution is 0.0698. The topological polar surface area (TPSA) is 88.4 Å². The van der Waals surface area contributed by atoms with Gasteiger partial charge in [0, 0.05) is 19.4 Å². The molecule has 0 atom stereocenters. The van der Waals surface area contributed by atoms with Gasteiger partial charge in [-0.05, 0) is 37.1 Å². The molecule has 0 amide bonds. The molecule has 21 heavy (non-hydrogen) atoms. The number of rotatable bonds is 4. The minimum absolute atomic E-state index is 0.0630. The van der Waals surface area contributed by atoms with Crippen LogP contribution in [-0.4, -0.2) is 24.1 Å². The number of anilines is 1. The highest BCUT2D eigenvalue weighted by molar-refractivity contribution is 7.92. The standard InChI is InChI=1S/C14H16N2O4S/c1-9-6-10(2)13(12(7-9)14(17)18)15-21(19,20)11-4-5-16(3)8-11/h4-8,15H,1-3H3,(H,17,18). The van der Waals surface area contributed by atoms with Crippen molar-refractivity contribution in [3.05, 3.63) is 47.3 Å². The third-order valence-corrected chi connectivity index (χ3v) is 4.40. The van der Waals surface area contributed by atoms with Crippen molar-refractivity contribution in [2.75, 3.05) is 4.72 Å². The van der Waals surface area contributed by atoms with Crippen molar-refractivity contribution >= 4 is 21.7 Å². The molecule has 0 unspecified atom stereocenters. The molecular weight excluding hydrogens is 292 g/mol. The van der Waals surface area contributed by atoms with E-state index in [9.17, 15) is 18.3 Å². The van der Waals surface area contributed by atoms with E-state index in [1.54, 1.807) is 37.7 Å². The summed E-state index contributed by atoms with van der Waals surface area (Å²) in [5, 5.41) is 9.25. The first-order valence-corrected chi connectivity index (χ1v) is 7.68. The Balaban J connectivity index is 2.51. The molecule has 1 aromatic heterocycles. The van der Waals surface area contributed by atoms with Crippen LogP contribution >= 0.6 is 0 Å². The van der Waals surface area contributed by atoms with Crippen molar-refractivity contribution in [3.8, 4) is 0 Å². The first-order chi connectivity index (χ1) is 9.70. The van der Waals surface area contributed by atoms with E-state index in [1.165, 1.54) is 18.3 Å². The molecule has 0 aliphatic rings. The van der Waals surface area contributed by atoms with Crippen molar-refractivity contribution in [1.29, 1.82) is 0 Å². The molecule has 0 spiro atoms. The van der Waals surface area contributed by atoms with E-state index in [-0.39, 0.29) is 16.1 Å². The van der Waals surface area contributed by atoms with E-state index in [0.717, 1.165) is 5.56 Å². The van der Waals surface area contributed by atoms with Gasteiger partial charge in [-0.25, -0.2) is 13.2 Å². The third kappa shape index (κ3) is 3.08. The quantitative estimate of drug-likeness (QED) is 0.905. The highest BCUT2D eigenvalue weighted by atomic mass is 32.2. The largest absolute Gasteiger partial charge is 0.478 e. The average Bonchev–Trinajstić information content (AvgIpc) is 2.79. The number of nitrogens with one attached hydrogen (secondary N) is 1. The molecule has 2 N–H and O–H groups in total. The van der Waals surface area contributed by atoms with Crippen LogP contribution in [0.25, 0.3) is 0 Å². The Hall–Kier alpha value is -2.28. The normalized spacial score (nSPS) is 11.4. The maximum Gasteiger partial charge on any atom is 0.337 e. The summed E-state index contributed by atoms with van der Waals surface area (Å²) in [5.41, 5.74) is 1.35. The van der Waals surface area contributed by atoms with Gasteiger partial charge in [-0.15, -0.1) is 0 Å². The summed E-state index contributed by atoms with van der Waals surface area (Å²) in [6.45, 7) is 3.43. The van der Waals surface area contributed by atoms with Gasteiger partial charge >= 0.3 is 5.97 Å². The number of aryl methyl sites for hydroxylation is 3. The van der Waals surface area contributed by atoms with Gasteiger partial charge in [0.15, 0.2) is 0 Å². The SMILES string of the molecule is Cc1cc(C)c(NS(=O)(=O)c2ccn(C)c2)c(C(=O)O)c1. The summed E-state index contributed by atoms with van der Waals surface area (Å²) in [4.78, 5) is 11.4. The minimum atomic E-state index is -3.82. The number of hydrogen-bond donors (Lipinski definition) is 2. The summed E-state index contributed by atoms with van der Waals surface area (Å²) in [6, 6.07) is 4.62. The molecule has 2 rings (SSSR count). The number of aromatic nitrogens is 1. The summed E-state index contributed by atoms with van der Waals surface area (Å²) in [7, 11) is -2.11. The Morgan fingerprint density at radius 1 is 1.29 bits per heavy atom. The van der Waals surface area contributed by atoms with Gasteiger partial charge in [0.1, 0.15) is 4.90 Å². The maximum atomic E-state index is 12.3. The Morgan fingerprint density at radius 2 is 1.95 bits per heavy atom. The summed E-state index contributed by atoms with van der Waals surface area (Å²) < 4.78 is 28.6. The van der Waals surface area contributed by atoms with Crippen LogP contribution in [0.15, 0.2) is 35.5 Å². The Kier molecular flexibility index (Phi) is 3.78. The number of aromatic carboxylic acids is 1. The molecule has 2 aromatic rings. The molecule has 0 fully saturated rings. The molecule has 112 valence electrons. The van der Waals surface area contributed by atoms with Crippen molar-refractivity contribution in [2.24, 2.45) is 7.05 Å². The predicted molar refractivity (Wildman–Crippen MR) is 79.1 cm³/mol. The highest BCUT2D eigenvalue weighted by Crippen LogP contribution is 2.26. The fourth-order valence-corrected chi connectivity index (χ4v) is 3.30. The van der Waals surface area contributed by atoms with Gasteiger partial charge < -0.3 is 9.67 Å². The van der Waals surface area contributed by atoms with Gasteiger partial charge in [-0.1, -0.05) is 6.07 Å². The number of nitrogens with zero attached hydrogens (tertiary/aromatic N) is 1. The van der Waals surface area contributed by atoms with Crippen LogP contribution in [0, 0.1) is 13.8 Å². The van der Waals surface area contributed by atoms with Crippen LogP contribution in [-0.2, 0) is 17.1 Å². The average molecular weight is 308 g/mol. The van der Waals surface area contributed by atoms with Crippen molar-refractivity contribution in [2.45, 2.75) is 18.7 Å². The highest BCUT2D eigenvalue weighted by Gasteiger charge is 2.21. The van der Waals surface area contributed by atoms with E-state index in [4.69, 9.17) is 0 Å². The number of carboxylic acids is 1. The second-order valence-electron chi connectivity index (χ2n) is 4.93. The first kappa shape index (κ1) is 15.1. The lowest BCUT2D eigenvalue weighted by Crippen LogP contribution is -2.16. The van der Waals surface area contributed by atoms with E-state index in [1.807, 2.05) is 0 Å². The number of sulfonamides is 1. The lowest BCUT2D eigenvalue weighted by atomic mass is 10.0. The smallest absolute Gasteiger partial charge is 0.337 e. The maximum absolute atomic E-state index is 12.3. The van der Waals surface area contributed by atoms with Crippen LogP contribution in [0.3, 0.4) is 0 Å². The van der Waals surface area contributed by atoms with E-state index in [2.05, 4.69) is 4.72 Å². The van der Waals surface area contributed by atoms with Gasteiger partial charge in [-0.3, -0.25) is 4.72 Å².